The fourth-order valence-electron chi connectivity index (χ4n) is 4.79. The fraction of sp³-hybridized carbons (Fsp3) is 0.750. The number of piperidine rings is 2. The molecule has 0 aliphatic carbocycles. The van der Waals surface area contributed by atoms with Gasteiger partial charge in [0, 0.05) is 44.1 Å². The minimum Gasteiger partial charge on any atom is -0.342 e. The molecule has 2 amide bonds. The van der Waals surface area contributed by atoms with E-state index in [4.69, 9.17) is 0 Å². The van der Waals surface area contributed by atoms with Gasteiger partial charge in [0.05, 0.1) is 10.9 Å². The number of carbonyl (C=O) groups is 2. The van der Waals surface area contributed by atoms with E-state index in [1.165, 1.54) is 11.3 Å². The first kappa shape index (κ1) is 18.9. The molecule has 3 fully saturated rings. The maximum absolute atomic E-state index is 12.8. The van der Waals surface area contributed by atoms with Crippen molar-refractivity contribution in [1.82, 2.24) is 19.7 Å². The lowest BCUT2D eigenvalue weighted by Gasteiger charge is -2.42. The number of hydrogen-bond acceptors (Lipinski definition) is 5. The molecule has 3 saturated heterocycles. The molecule has 0 radical (unpaired) electrons. The molecule has 0 bridgehead atoms. The van der Waals surface area contributed by atoms with Crippen LogP contribution in [0.3, 0.4) is 0 Å². The van der Waals surface area contributed by atoms with Crippen LogP contribution in [-0.2, 0) is 4.79 Å². The first-order chi connectivity index (χ1) is 13.1. The molecular weight excluding hydrogens is 360 g/mol. The van der Waals surface area contributed by atoms with E-state index in [2.05, 4.69) is 14.8 Å². The van der Waals surface area contributed by atoms with Gasteiger partial charge in [0.1, 0.15) is 5.69 Å². The van der Waals surface area contributed by atoms with Gasteiger partial charge in [-0.25, -0.2) is 4.98 Å². The molecule has 1 unspecified atom stereocenters. The van der Waals surface area contributed by atoms with E-state index in [9.17, 15) is 9.59 Å². The molecule has 1 aromatic rings. The van der Waals surface area contributed by atoms with E-state index in [-0.39, 0.29) is 11.8 Å². The van der Waals surface area contributed by atoms with Crippen LogP contribution in [0.25, 0.3) is 0 Å². The summed E-state index contributed by atoms with van der Waals surface area (Å²) < 4.78 is 0. The molecule has 7 heteroatoms. The zero-order valence-electron chi connectivity index (χ0n) is 16.2. The second-order valence-electron chi connectivity index (χ2n) is 8.14. The Morgan fingerprint density at radius 2 is 1.74 bits per heavy atom. The predicted molar refractivity (Wildman–Crippen MR) is 106 cm³/mol. The Hall–Kier alpha value is -1.47. The zero-order valence-corrected chi connectivity index (χ0v) is 17.0. The van der Waals surface area contributed by atoms with Crippen molar-refractivity contribution < 1.29 is 9.59 Å². The number of nitrogens with zero attached hydrogens (tertiary/aromatic N) is 4. The molecule has 0 saturated carbocycles. The Kier molecular flexibility index (Phi) is 5.78. The minimum absolute atomic E-state index is 0.0681. The van der Waals surface area contributed by atoms with E-state index < -0.39 is 0 Å². The Morgan fingerprint density at radius 3 is 2.41 bits per heavy atom. The second kappa shape index (κ2) is 8.27. The highest BCUT2D eigenvalue weighted by molar-refractivity contribution is 7.09. The van der Waals surface area contributed by atoms with Crippen LogP contribution in [-0.4, -0.2) is 76.8 Å². The summed E-state index contributed by atoms with van der Waals surface area (Å²) in [5, 5.41) is 2.80. The summed E-state index contributed by atoms with van der Waals surface area (Å²) in [4.78, 5) is 36.2. The van der Waals surface area contributed by atoms with Crippen molar-refractivity contribution in [2.75, 3.05) is 39.3 Å². The second-order valence-corrected chi connectivity index (χ2v) is 9.20. The van der Waals surface area contributed by atoms with Crippen molar-refractivity contribution in [2.24, 2.45) is 5.92 Å². The smallest absolute Gasteiger partial charge is 0.273 e. The van der Waals surface area contributed by atoms with Gasteiger partial charge in [0.2, 0.25) is 5.91 Å². The molecule has 1 aromatic heterocycles. The molecule has 1 atom stereocenters. The summed E-state index contributed by atoms with van der Waals surface area (Å²) in [6.07, 6.45) is 6.47. The van der Waals surface area contributed by atoms with Gasteiger partial charge in [-0.15, -0.1) is 11.3 Å². The van der Waals surface area contributed by atoms with Crippen molar-refractivity contribution in [2.45, 2.75) is 51.5 Å². The molecule has 3 aliphatic rings. The van der Waals surface area contributed by atoms with Gasteiger partial charge in [0.15, 0.2) is 0 Å². The van der Waals surface area contributed by atoms with Crippen LogP contribution >= 0.6 is 11.3 Å². The van der Waals surface area contributed by atoms with Gasteiger partial charge in [-0.1, -0.05) is 0 Å². The summed E-state index contributed by atoms with van der Waals surface area (Å²) in [6.45, 7) is 7.41. The fourth-order valence-corrected chi connectivity index (χ4v) is 5.38. The molecule has 4 rings (SSSR count). The third-order valence-corrected chi connectivity index (χ3v) is 7.10. The number of amides is 2. The van der Waals surface area contributed by atoms with Crippen LogP contribution in [0.4, 0.5) is 0 Å². The normalized spacial score (nSPS) is 25.1. The largest absolute Gasteiger partial charge is 0.342 e. The van der Waals surface area contributed by atoms with Crippen molar-refractivity contribution >= 4 is 23.2 Å². The van der Waals surface area contributed by atoms with Gasteiger partial charge >= 0.3 is 0 Å². The predicted octanol–water partition coefficient (Wildman–Crippen LogP) is 2.39. The standard InChI is InChI=1S/C20H30N4O2S/c1-15-21-18(14-27-15)20(26)23-11-6-17(7-12-23)24-10-4-5-16(13-24)19(25)22-8-2-3-9-22/h14,16-17H,2-13H2,1H3. The van der Waals surface area contributed by atoms with Crippen LogP contribution in [0.1, 0.15) is 54.0 Å². The zero-order chi connectivity index (χ0) is 18.8. The highest BCUT2D eigenvalue weighted by Gasteiger charge is 2.35. The van der Waals surface area contributed by atoms with E-state index in [0.29, 0.717) is 17.6 Å². The third kappa shape index (κ3) is 4.19. The summed E-state index contributed by atoms with van der Waals surface area (Å²) in [5.41, 5.74) is 0.588. The lowest BCUT2D eigenvalue weighted by Crippen LogP contribution is -2.51. The summed E-state index contributed by atoms with van der Waals surface area (Å²) in [6, 6.07) is 0.500. The van der Waals surface area contributed by atoms with Crippen molar-refractivity contribution in [3.8, 4) is 0 Å². The minimum atomic E-state index is 0.0681. The molecule has 0 aromatic carbocycles. The third-order valence-electron chi connectivity index (χ3n) is 6.33. The maximum Gasteiger partial charge on any atom is 0.273 e. The molecule has 3 aliphatic heterocycles. The van der Waals surface area contributed by atoms with E-state index >= 15 is 0 Å². The topological polar surface area (TPSA) is 56.8 Å². The molecule has 0 N–H and O–H groups in total. The van der Waals surface area contributed by atoms with Crippen LogP contribution < -0.4 is 0 Å². The number of carbonyl (C=O) groups excluding carboxylic acids is 2. The van der Waals surface area contributed by atoms with Gasteiger partial charge in [-0.2, -0.15) is 0 Å². The number of aryl methyl sites for hydroxylation is 1. The Labute approximate surface area is 165 Å². The first-order valence-electron chi connectivity index (χ1n) is 10.4. The Bertz CT molecular complexity index is 677. The summed E-state index contributed by atoms with van der Waals surface area (Å²) >= 11 is 1.53. The number of thiazole rings is 1. The Morgan fingerprint density at radius 1 is 1.00 bits per heavy atom. The number of rotatable bonds is 3. The van der Waals surface area contributed by atoms with E-state index in [0.717, 1.165) is 82.8 Å². The van der Waals surface area contributed by atoms with E-state index in [1.54, 1.807) is 0 Å². The highest BCUT2D eigenvalue weighted by atomic mass is 32.1. The van der Waals surface area contributed by atoms with Gasteiger partial charge in [-0.3, -0.25) is 14.5 Å². The van der Waals surface area contributed by atoms with Crippen molar-refractivity contribution in [1.29, 1.82) is 0 Å². The lowest BCUT2D eigenvalue weighted by atomic mass is 9.93. The molecule has 148 valence electrons. The maximum atomic E-state index is 12.8. The first-order valence-corrected chi connectivity index (χ1v) is 11.2. The SMILES string of the molecule is Cc1nc(C(=O)N2CCC(N3CCCC(C(=O)N4CCCC4)C3)CC2)cs1. The van der Waals surface area contributed by atoms with Gasteiger partial charge in [-0.05, 0) is 52.0 Å². The summed E-state index contributed by atoms with van der Waals surface area (Å²) in [5.74, 6) is 0.622. The van der Waals surface area contributed by atoms with Crippen molar-refractivity contribution in [3.63, 3.8) is 0 Å². The van der Waals surface area contributed by atoms with Crippen LogP contribution in [0.5, 0.6) is 0 Å². The molecular formula is C20H30N4O2S. The molecule has 0 spiro atoms. The number of likely N-dealkylation sites (tertiary alicyclic amines) is 3. The molecule has 4 heterocycles. The average molecular weight is 391 g/mol. The van der Waals surface area contributed by atoms with Crippen molar-refractivity contribution in [3.05, 3.63) is 16.1 Å². The average Bonchev–Trinajstić information content (AvgIpc) is 3.39. The highest BCUT2D eigenvalue weighted by Crippen LogP contribution is 2.26. The number of hydrogen-bond donors (Lipinski definition) is 0. The van der Waals surface area contributed by atoms with Gasteiger partial charge in [0.25, 0.3) is 5.91 Å². The van der Waals surface area contributed by atoms with Crippen LogP contribution in [0, 0.1) is 12.8 Å². The van der Waals surface area contributed by atoms with E-state index in [1.807, 2.05) is 17.2 Å². The monoisotopic (exact) mass is 390 g/mol. The number of aromatic nitrogens is 1. The lowest BCUT2D eigenvalue weighted by molar-refractivity contribution is -0.136. The summed E-state index contributed by atoms with van der Waals surface area (Å²) in [7, 11) is 0. The van der Waals surface area contributed by atoms with Gasteiger partial charge < -0.3 is 9.80 Å². The molecule has 6 nitrogen and oxygen atoms in total. The van der Waals surface area contributed by atoms with Crippen LogP contribution in [0.2, 0.25) is 0 Å². The van der Waals surface area contributed by atoms with Crippen LogP contribution in [0.15, 0.2) is 5.38 Å². The molecule has 27 heavy (non-hydrogen) atoms. The Balaban J connectivity index is 1.30. The quantitative estimate of drug-likeness (QED) is 0.795.